The van der Waals surface area contributed by atoms with Gasteiger partial charge in [-0.05, 0) is 49.5 Å². The van der Waals surface area contributed by atoms with Gasteiger partial charge in [-0.1, -0.05) is 57.3 Å². The molecule has 2 rings (SSSR count). The lowest BCUT2D eigenvalue weighted by molar-refractivity contribution is -0.432. The minimum Gasteiger partial charge on any atom is -0.308 e. The molecule has 0 N–H and O–H groups in total. The third-order valence-corrected chi connectivity index (χ3v) is 6.56. The maximum atomic E-state index is 13.8. The van der Waals surface area contributed by atoms with Crippen molar-refractivity contribution in [1.82, 2.24) is 0 Å². The molecule has 0 radical (unpaired) electrons. The summed E-state index contributed by atoms with van der Waals surface area (Å²) in [6.45, 7) is -1.07. The molecule has 0 aromatic rings. The average Bonchev–Trinajstić information content (AvgIpc) is 2.77. The first-order valence-electron chi connectivity index (χ1n) is 11.4. The molecule has 0 aliphatic heterocycles. The number of rotatable bonds is 12. The van der Waals surface area contributed by atoms with Crippen LogP contribution in [0.3, 0.4) is 0 Å². The normalized spacial score (nSPS) is 25.3. The van der Waals surface area contributed by atoms with Crippen molar-refractivity contribution >= 4 is 0 Å². The maximum Gasteiger partial charge on any atom is 0.426 e. The van der Waals surface area contributed by atoms with Crippen LogP contribution < -0.4 is 0 Å². The lowest BCUT2D eigenvalue weighted by Gasteiger charge is -2.36. The van der Waals surface area contributed by atoms with E-state index in [0.717, 1.165) is 37.3 Å². The molecule has 33 heavy (non-hydrogen) atoms. The van der Waals surface area contributed by atoms with Crippen molar-refractivity contribution in [3.05, 3.63) is 23.8 Å². The first-order valence-corrected chi connectivity index (χ1v) is 11.4. The second-order valence-corrected chi connectivity index (χ2v) is 9.03. The summed E-state index contributed by atoms with van der Waals surface area (Å²) in [5.41, 5.74) is 0.837. The topological polar surface area (TPSA) is 9.23 Å². The summed E-state index contributed by atoms with van der Waals surface area (Å²) in [6.07, 6.45) is 5.91. The third-order valence-electron chi connectivity index (χ3n) is 6.56. The largest absolute Gasteiger partial charge is 0.426 e. The highest BCUT2D eigenvalue weighted by molar-refractivity contribution is 5.27. The van der Waals surface area contributed by atoms with Crippen molar-refractivity contribution in [3.8, 4) is 0 Å². The van der Waals surface area contributed by atoms with Crippen LogP contribution in [0.4, 0.5) is 39.5 Å². The minimum absolute atomic E-state index is 0.184. The van der Waals surface area contributed by atoms with Crippen molar-refractivity contribution in [2.24, 2.45) is 11.8 Å². The quantitative estimate of drug-likeness (QED) is 0.195. The number of ether oxygens (including phenoxy) is 1. The molecule has 0 aromatic heterocycles. The van der Waals surface area contributed by atoms with Gasteiger partial charge in [-0.15, -0.1) is 0 Å². The van der Waals surface area contributed by atoms with E-state index in [1.54, 1.807) is 0 Å². The van der Waals surface area contributed by atoms with E-state index in [0.29, 0.717) is 5.92 Å². The van der Waals surface area contributed by atoms with Gasteiger partial charge in [0.25, 0.3) is 0 Å². The average molecular weight is 494 g/mol. The fourth-order valence-corrected chi connectivity index (χ4v) is 4.41. The van der Waals surface area contributed by atoms with Gasteiger partial charge in [-0.3, -0.25) is 0 Å². The molecule has 1 saturated carbocycles. The number of unbranched alkanes of at least 4 members (excludes halogenated alkanes) is 3. The lowest BCUT2D eigenvalue weighted by Crippen LogP contribution is -2.64. The molecule has 0 amide bonds. The molecule has 2 aliphatic carbocycles. The summed E-state index contributed by atoms with van der Waals surface area (Å²) in [7, 11) is 0. The number of hydrogen-bond donors (Lipinski definition) is 0. The highest BCUT2D eigenvalue weighted by Gasteiger charge is 2.81. The zero-order chi connectivity index (χ0) is 24.9. The third kappa shape index (κ3) is 6.28. The Bertz CT molecular complexity index is 679. The van der Waals surface area contributed by atoms with E-state index in [-0.39, 0.29) is 12.3 Å². The molecule has 1 fully saturated rings. The molecule has 0 bridgehead atoms. The van der Waals surface area contributed by atoms with E-state index in [1.807, 2.05) is 0 Å². The van der Waals surface area contributed by atoms with Crippen LogP contribution in [0.15, 0.2) is 23.8 Å². The van der Waals surface area contributed by atoms with Crippen LogP contribution in [0, 0.1) is 11.8 Å². The van der Waals surface area contributed by atoms with Crippen LogP contribution in [0.25, 0.3) is 0 Å². The summed E-state index contributed by atoms with van der Waals surface area (Å²) in [5.74, 6) is -18.4. The summed E-state index contributed by atoms with van der Waals surface area (Å²) in [6, 6.07) is 0. The molecule has 1 nitrogen and oxygen atoms in total. The van der Waals surface area contributed by atoms with Crippen molar-refractivity contribution in [2.45, 2.75) is 101 Å². The van der Waals surface area contributed by atoms with E-state index < -0.39 is 36.7 Å². The highest BCUT2D eigenvalue weighted by atomic mass is 19.4. The minimum atomic E-state index is -6.65. The molecule has 0 spiro atoms. The smallest absolute Gasteiger partial charge is 0.308 e. The van der Waals surface area contributed by atoms with Crippen molar-refractivity contribution in [3.63, 3.8) is 0 Å². The fourth-order valence-electron chi connectivity index (χ4n) is 4.41. The Morgan fingerprint density at radius 1 is 0.879 bits per heavy atom. The Morgan fingerprint density at radius 2 is 1.52 bits per heavy atom. The standard InChI is InChI=1S/C23H31F9O/c1-2-3-4-5-6-16-7-9-17(10-8-16)18-11-13-19(14-12-18)33-23(31,32)22(29,30)21(27,28)20(25,26)15-24/h11-13,16-17,19H,2-10,14-15H2,1H3/t16-,17-,19?. The summed E-state index contributed by atoms with van der Waals surface area (Å²) in [4.78, 5) is 0. The van der Waals surface area contributed by atoms with Gasteiger partial charge in [0.2, 0.25) is 0 Å². The van der Waals surface area contributed by atoms with Crippen LogP contribution in [0.2, 0.25) is 0 Å². The van der Waals surface area contributed by atoms with E-state index in [2.05, 4.69) is 11.7 Å². The van der Waals surface area contributed by atoms with E-state index in [1.165, 1.54) is 44.3 Å². The SMILES string of the molecule is CCCCCC[C@H]1CC[C@H](C2=CCC(OC(F)(F)C(F)(F)C(F)(F)C(F)(F)CF)C=C2)CC1. The van der Waals surface area contributed by atoms with E-state index in [4.69, 9.17) is 0 Å². The van der Waals surface area contributed by atoms with Gasteiger partial charge in [0, 0.05) is 0 Å². The molecule has 192 valence electrons. The van der Waals surface area contributed by atoms with Gasteiger partial charge >= 0.3 is 23.9 Å². The van der Waals surface area contributed by atoms with Gasteiger partial charge in [0.15, 0.2) is 6.67 Å². The second-order valence-electron chi connectivity index (χ2n) is 9.03. The Morgan fingerprint density at radius 3 is 2.03 bits per heavy atom. The number of allylic oxidation sites excluding steroid dienone is 2. The lowest BCUT2D eigenvalue weighted by atomic mass is 9.76. The predicted molar refractivity (Wildman–Crippen MR) is 107 cm³/mol. The fraction of sp³-hybridized carbons (Fsp3) is 0.826. The monoisotopic (exact) mass is 494 g/mol. The molecule has 0 aromatic carbocycles. The summed E-state index contributed by atoms with van der Waals surface area (Å²) in [5, 5.41) is 0. The predicted octanol–water partition coefficient (Wildman–Crippen LogP) is 8.50. The molecule has 10 heteroatoms. The second kappa shape index (κ2) is 11.0. The van der Waals surface area contributed by atoms with Gasteiger partial charge in [0.1, 0.15) is 0 Å². The van der Waals surface area contributed by atoms with E-state index >= 15 is 0 Å². The van der Waals surface area contributed by atoms with E-state index in [9.17, 15) is 39.5 Å². The Balaban J connectivity index is 1.90. The summed E-state index contributed by atoms with van der Waals surface area (Å²) < 4.78 is 123. The number of hydrogen-bond acceptors (Lipinski definition) is 1. The first-order chi connectivity index (χ1) is 15.3. The van der Waals surface area contributed by atoms with Crippen molar-refractivity contribution < 1.29 is 44.3 Å². The van der Waals surface area contributed by atoms with Gasteiger partial charge in [0.05, 0.1) is 6.10 Å². The number of halogens is 9. The van der Waals surface area contributed by atoms with Gasteiger partial charge in [-0.2, -0.15) is 35.1 Å². The molecular weight excluding hydrogens is 463 g/mol. The maximum absolute atomic E-state index is 13.8. The Kier molecular flexibility index (Phi) is 9.38. The zero-order valence-electron chi connectivity index (χ0n) is 18.6. The van der Waals surface area contributed by atoms with Crippen LogP contribution >= 0.6 is 0 Å². The molecule has 1 unspecified atom stereocenters. The molecule has 2 aliphatic rings. The first kappa shape index (κ1) is 28.1. The van der Waals surface area contributed by atoms with Crippen LogP contribution in [0.1, 0.15) is 71.1 Å². The number of alkyl halides is 9. The molecule has 0 saturated heterocycles. The van der Waals surface area contributed by atoms with Crippen LogP contribution in [-0.2, 0) is 4.74 Å². The van der Waals surface area contributed by atoms with Crippen molar-refractivity contribution in [1.29, 1.82) is 0 Å². The highest BCUT2D eigenvalue weighted by Crippen LogP contribution is 2.53. The Hall–Kier alpha value is -1.19. The zero-order valence-corrected chi connectivity index (χ0v) is 18.6. The Labute approximate surface area is 188 Å². The van der Waals surface area contributed by atoms with Crippen LogP contribution in [-0.4, -0.2) is 36.7 Å². The van der Waals surface area contributed by atoms with Gasteiger partial charge < -0.3 is 4.74 Å². The van der Waals surface area contributed by atoms with Crippen LogP contribution in [0.5, 0.6) is 0 Å². The van der Waals surface area contributed by atoms with Crippen molar-refractivity contribution in [2.75, 3.05) is 6.67 Å². The molecule has 1 atom stereocenters. The molecule has 0 heterocycles. The van der Waals surface area contributed by atoms with Gasteiger partial charge in [-0.25, -0.2) is 4.39 Å². The summed E-state index contributed by atoms with van der Waals surface area (Å²) >= 11 is 0. The molecular formula is C23H31F9O.